The third-order valence-corrected chi connectivity index (χ3v) is 3.06. The van der Waals surface area contributed by atoms with Crippen LogP contribution in [0.2, 0.25) is 0 Å². The van der Waals surface area contributed by atoms with Gasteiger partial charge in [0.1, 0.15) is 0 Å². The van der Waals surface area contributed by atoms with Crippen LogP contribution in [0.1, 0.15) is 17.2 Å². The fraction of sp³-hybridized carbons (Fsp3) is 0.286. The Hall–Kier alpha value is -2.22. The largest absolute Gasteiger partial charge is 0.478 e. The molecule has 2 rings (SSSR count). The molecule has 0 heterocycles. The van der Waals surface area contributed by atoms with Crippen molar-refractivity contribution < 1.29 is 24.9 Å². The number of likely N-dealkylation sites (N-methyl/N-ethyl adjacent to an activating group) is 1. The van der Waals surface area contributed by atoms with Gasteiger partial charge in [0.05, 0.1) is 12.1 Å². The maximum atomic E-state index is 9.89. The van der Waals surface area contributed by atoms with E-state index in [0.29, 0.717) is 12.2 Å². The summed E-state index contributed by atoms with van der Waals surface area (Å²) in [6, 6.07) is 7.97. The fourth-order valence-corrected chi connectivity index (χ4v) is 2.06. The van der Waals surface area contributed by atoms with E-state index in [1.165, 1.54) is 5.56 Å². The summed E-state index contributed by atoms with van der Waals surface area (Å²) in [4.78, 5) is 19.1. The van der Waals surface area contributed by atoms with Crippen molar-refractivity contribution >= 4 is 11.9 Å². The molecule has 1 aromatic carbocycles. The summed E-state index contributed by atoms with van der Waals surface area (Å²) in [5.41, 5.74) is 2.22. The minimum atomic E-state index is -1.26. The topological polar surface area (TPSA) is 124 Å². The second kappa shape index (κ2) is 7.53. The molecule has 0 amide bonds. The highest BCUT2D eigenvalue weighted by Gasteiger charge is 2.32. The van der Waals surface area contributed by atoms with Gasteiger partial charge in [0, 0.05) is 19.2 Å². The Morgan fingerprint density at radius 1 is 1.24 bits per heavy atom. The van der Waals surface area contributed by atoms with Crippen molar-refractivity contribution in [1.82, 2.24) is 5.01 Å². The number of hydrazine groups is 1. The van der Waals surface area contributed by atoms with E-state index in [-0.39, 0.29) is 6.04 Å². The van der Waals surface area contributed by atoms with Crippen LogP contribution in [-0.2, 0) is 16.0 Å². The number of hydrogen-bond donors (Lipinski definition) is 4. The van der Waals surface area contributed by atoms with Gasteiger partial charge in [0.2, 0.25) is 0 Å². The lowest BCUT2D eigenvalue weighted by molar-refractivity contribution is -0.134. The Kier molecular flexibility index (Phi) is 6.04. The smallest absolute Gasteiger partial charge is 0.328 e. The summed E-state index contributed by atoms with van der Waals surface area (Å²) in [5, 5.41) is 27.1. The van der Waals surface area contributed by atoms with E-state index in [4.69, 9.17) is 16.1 Å². The molecule has 1 aliphatic rings. The number of hydrogen-bond acceptors (Lipinski definition) is 5. The van der Waals surface area contributed by atoms with Gasteiger partial charge in [0.15, 0.2) is 0 Å². The van der Waals surface area contributed by atoms with E-state index in [9.17, 15) is 14.7 Å². The van der Waals surface area contributed by atoms with Crippen molar-refractivity contribution in [2.75, 3.05) is 7.05 Å². The van der Waals surface area contributed by atoms with Crippen LogP contribution in [-0.4, -0.2) is 45.4 Å². The number of aliphatic hydroxyl groups is 1. The zero-order valence-electron chi connectivity index (χ0n) is 11.5. The van der Waals surface area contributed by atoms with Gasteiger partial charge in [-0.2, -0.15) is 0 Å². The van der Waals surface area contributed by atoms with Crippen LogP contribution >= 0.6 is 0 Å². The average Bonchev–Trinajstić information content (AvgIpc) is 2.75. The third-order valence-electron chi connectivity index (χ3n) is 3.06. The van der Waals surface area contributed by atoms with E-state index in [1.807, 2.05) is 24.3 Å². The maximum Gasteiger partial charge on any atom is 0.328 e. The molecule has 7 heteroatoms. The number of aliphatic carboxylic acids is 2. The molecule has 5 N–H and O–H groups in total. The monoisotopic (exact) mass is 294 g/mol. The summed E-state index contributed by atoms with van der Waals surface area (Å²) in [6.07, 6.45) is 1.51. The quantitative estimate of drug-likeness (QED) is 0.355. The highest BCUT2D eigenvalue weighted by atomic mass is 16.4. The number of nitrogens with two attached hydrogens (primary N) is 1. The lowest BCUT2D eigenvalue weighted by Gasteiger charge is -2.21. The number of aliphatic hydroxyl groups excluding tert-OH is 1. The zero-order valence-corrected chi connectivity index (χ0v) is 11.5. The molecule has 1 aliphatic carbocycles. The van der Waals surface area contributed by atoms with Crippen molar-refractivity contribution in [3.63, 3.8) is 0 Å². The van der Waals surface area contributed by atoms with Gasteiger partial charge in [-0.3, -0.25) is 5.84 Å². The van der Waals surface area contributed by atoms with Crippen molar-refractivity contribution in [2.24, 2.45) is 5.84 Å². The number of carboxylic acids is 2. The lowest BCUT2D eigenvalue weighted by atomic mass is 10.1. The van der Waals surface area contributed by atoms with Crippen LogP contribution in [0.15, 0.2) is 36.4 Å². The van der Waals surface area contributed by atoms with E-state index in [2.05, 4.69) is 0 Å². The lowest BCUT2D eigenvalue weighted by Crippen LogP contribution is -2.40. The Morgan fingerprint density at radius 3 is 2.19 bits per heavy atom. The molecule has 1 aromatic rings. The summed E-state index contributed by atoms with van der Waals surface area (Å²) in [6.45, 7) is 0. The summed E-state index contributed by atoms with van der Waals surface area (Å²) in [7, 11) is 1.79. The summed E-state index contributed by atoms with van der Waals surface area (Å²) >= 11 is 0. The number of benzene rings is 1. The van der Waals surface area contributed by atoms with E-state index >= 15 is 0 Å². The first-order valence-electron chi connectivity index (χ1n) is 6.20. The zero-order chi connectivity index (χ0) is 16.0. The molecule has 7 nitrogen and oxygen atoms in total. The van der Waals surface area contributed by atoms with Crippen LogP contribution in [0.5, 0.6) is 0 Å². The number of nitrogens with zero attached hydrogens (tertiary/aromatic N) is 1. The predicted molar refractivity (Wildman–Crippen MR) is 75.3 cm³/mol. The Balaban J connectivity index is 0.000000240. The fourth-order valence-electron chi connectivity index (χ4n) is 2.06. The molecule has 21 heavy (non-hydrogen) atoms. The molecular formula is C14H18N2O5. The van der Waals surface area contributed by atoms with E-state index < -0.39 is 18.0 Å². The van der Waals surface area contributed by atoms with Crippen LogP contribution in [0.4, 0.5) is 0 Å². The molecule has 0 aromatic heterocycles. The first-order chi connectivity index (χ1) is 9.82. The third kappa shape index (κ3) is 4.99. The Morgan fingerprint density at radius 2 is 1.76 bits per heavy atom. The van der Waals surface area contributed by atoms with Crippen molar-refractivity contribution in [2.45, 2.75) is 18.6 Å². The summed E-state index contributed by atoms with van der Waals surface area (Å²) in [5.74, 6) is 3.13. The SMILES string of the molecule is CN(N)[C@H]1Cc2ccccc2[C@@H]1O.O=C(O)C=CC(=O)O. The number of carbonyl (C=O) groups is 2. The number of fused-ring (bicyclic) bond motifs is 1. The van der Waals surface area contributed by atoms with E-state index in [1.54, 1.807) is 12.1 Å². The van der Waals surface area contributed by atoms with Gasteiger partial charge in [0.25, 0.3) is 0 Å². The van der Waals surface area contributed by atoms with Gasteiger partial charge in [-0.15, -0.1) is 0 Å². The van der Waals surface area contributed by atoms with Crippen LogP contribution in [0.3, 0.4) is 0 Å². The minimum absolute atomic E-state index is 0.0254. The normalized spacial score (nSPS) is 20.0. The van der Waals surface area contributed by atoms with Crippen molar-refractivity contribution in [3.8, 4) is 0 Å². The number of rotatable bonds is 3. The molecule has 114 valence electrons. The van der Waals surface area contributed by atoms with Crippen LogP contribution in [0, 0.1) is 0 Å². The highest BCUT2D eigenvalue weighted by Crippen LogP contribution is 2.32. The molecule has 0 spiro atoms. The standard InChI is InChI=1S/C10H14N2O.C4H4O4/c1-12(11)9-6-7-4-2-3-5-8(7)10(9)13;5-3(6)1-2-4(7)8/h2-5,9-10,13H,6,11H2,1H3;1-2H,(H,5,6)(H,7,8)/t9-,10-;/m0./s1. The van der Waals surface area contributed by atoms with Gasteiger partial charge in [-0.25, -0.2) is 14.6 Å². The second-order valence-electron chi connectivity index (χ2n) is 4.59. The van der Waals surface area contributed by atoms with Crippen molar-refractivity contribution in [3.05, 3.63) is 47.5 Å². The van der Waals surface area contributed by atoms with Crippen LogP contribution in [0.25, 0.3) is 0 Å². The summed E-state index contributed by atoms with van der Waals surface area (Å²) < 4.78 is 0. The first kappa shape index (κ1) is 16.8. The Bertz CT molecular complexity index is 526. The van der Waals surface area contributed by atoms with E-state index in [0.717, 1.165) is 12.0 Å². The molecule has 0 unspecified atom stereocenters. The first-order valence-corrected chi connectivity index (χ1v) is 6.20. The molecular weight excluding hydrogens is 276 g/mol. The highest BCUT2D eigenvalue weighted by molar-refractivity contribution is 5.89. The molecule has 0 bridgehead atoms. The van der Waals surface area contributed by atoms with Crippen molar-refractivity contribution in [1.29, 1.82) is 0 Å². The average molecular weight is 294 g/mol. The van der Waals surface area contributed by atoms with Gasteiger partial charge in [-0.1, -0.05) is 24.3 Å². The maximum absolute atomic E-state index is 9.89. The second-order valence-corrected chi connectivity index (χ2v) is 4.59. The molecule has 0 saturated heterocycles. The molecule has 2 atom stereocenters. The molecule has 0 aliphatic heterocycles. The minimum Gasteiger partial charge on any atom is -0.478 e. The molecule has 0 saturated carbocycles. The predicted octanol–water partition coefficient (Wildman–Crippen LogP) is 0.162. The van der Waals surface area contributed by atoms with Gasteiger partial charge < -0.3 is 15.3 Å². The Labute approximate surface area is 121 Å². The molecule has 0 fully saturated rings. The van der Waals surface area contributed by atoms with Crippen LogP contribution < -0.4 is 5.84 Å². The van der Waals surface area contributed by atoms with Gasteiger partial charge >= 0.3 is 11.9 Å². The number of carboxylic acid groups (broad SMARTS) is 2. The van der Waals surface area contributed by atoms with Gasteiger partial charge in [-0.05, 0) is 17.5 Å². The molecule has 0 radical (unpaired) electrons.